The second-order valence-electron chi connectivity index (χ2n) is 9.85. The summed E-state index contributed by atoms with van der Waals surface area (Å²) in [6, 6.07) is 17.6. The maximum absolute atomic E-state index is 13.4. The number of nitrogens with zero attached hydrogens (tertiary/aromatic N) is 1. The molecule has 184 valence electrons. The minimum atomic E-state index is -3.96. The highest BCUT2D eigenvalue weighted by Gasteiger charge is 2.55. The van der Waals surface area contributed by atoms with E-state index < -0.39 is 33.0 Å². The molecule has 0 N–H and O–H groups in total. The lowest BCUT2D eigenvalue weighted by molar-refractivity contribution is -0.169. The van der Waals surface area contributed by atoms with Crippen LogP contribution in [0.3, 0.4) is 0 Å². The summed E-state index contributed by atoms with van der Waals surface area (Å²) in [5.74, 6) is -1.40. The third-order valence-electron chi connectivity index (χ3n) is 5.95. The summed E-state index contributed by atoms with van der Waals surface area (Å²) in [5.41, 5.74) is -0.728. The van der Waals surface area contributed by atoms with Gasteiger partial charge in [-0.3, -0.25) is 13.8 Å². The Morgan fingerprint density at radius 2 is 1.65 bits per heavy atom. The first-order chi connectivity index (χ1) is 15.9. The van der Waals surface area contributed by atoms with Gasteiger partial charge in [0.15, 0.2) is 0 Å². The number of likely N-dealkylation sites (tertiary alicyclic amines) is 1. The van der Waals surface area contributed by atoms with Crippen molar-refractivity contribution < 1.29 is 26.9 Å². The van der Waals surface area contributed by atoms with Gasteiger partial charge in [-0.15, -0.1) is 0 Å². The van der Waals surface area contributed by atoms with E-state index in [0.717, 1.165) is 5.56 Å². The van der Waals surface area contributed by atoms with E-state index in [1.54, 1.807) is 50.8 Å². The summed E-state index contributed by atoms with van der Waals surface area (Å²) in [5, 5.41) is 0. The van der Waals surface area contributed by atoms with Crippen LogP contribution in [0.1, 0.15) is 39.7 Å². The van der Waals surface area contributed by atoms with Gasteiger partial charge in [-0.1, -0.05) is 48.5 Å². The molecular weight excluding hydrogens is 454 g/mol. The molecule has 1 aliphatic rings. The highest BCUT2D eigenvalue weighted by molar-refractivity contribution is 7.86. The van der Waals surface area contributed by atoms with E-state index in [1.807, 2.05) is 30.3 Å². The zero-order valence-electron chi connectivity index (χ0n) is 20.2. The van der Waals surface area contributed by atoms with Gasteiger partial charge in [0.05, 0.1) is 22.8 Å². The fraction of sp³-hybridized carbons (Fsp3) is 0.462. The van der Waals surface area contributed by atoms with Crippen LogP contribution in [0.25, 0.3) is 0 Å². The maximum Gasteiger partial charge on any atom is 0.314 e. The van der Waals surface area contributed by atoms with Gasteiger partial charge in [-0.25, -0.2) is 0 Å². The number of rotatable bonds is 9. The highest BCUT2D eigenvalue weighted by atomic mass is 32.2. The summed E-state index contributed by atoms with van der Waals surface area (Å²) in [4.78, 5) is 28.3. The van der Waals surface area contributed by atoms with Crippen LogP contribution in [-0.4, -0.2) is 50.5 Å². The molecule has 0 radical (unpaired) electrons. The zero-order valence-corrected chi connectivity index (χ0v) is 21.0. The van der Waals surface area contributed by atoms with Crippen LogP contribution in [0.4, 0.5) is 0 Å². The molecule has 1 unspecified atom stereocenters. The number of benzene rings is 2. The molecule has 34 heavy (non-hydrogen) atoms. The lowest BCUT2D eigenvalue weighted by Crippen LogP contribution is -2.42. The average molecular weight is 488 g/mol. The van der Waals surface area contributed by atoms with Gasteiger partial charge in [0.25, 0.3) is 10.1 Å². The van der Waals surface area contributed by atoms with Crippen LogP contribution in [0.2, 0.25) is 0 Å². The Hall–Kier alpha value is -2.71. The van der Waals surface area contributed by atoms with Crippen molar-refractivity contribution in [2.24, 2.45) is 11.3 Å². The normalized spacial score (nSPS) is 21.0. The van der Waals surface area contributed by atoms with E-state index in [4.69, 9.17) is 8.92 Å². The smallest absolute Gasteiger partial charge is 0.314 e. The summed E-state index contributed by atoms with van der Waals surface area (Å²) >= 11 is 0. The van der Waals surface area contributed by atoms with E-state index >= 15 is 0 Å². The van der Waals surface area contributed by atoms with Gasteiger partial charge in [-0.05, 0) is 58.2 Å². The van der Waals surface area contributed by atoms with Crippen LogP contribution < -0.4 is 0 Å². The van der Waals surface area contributed by atoms with Crippen molar-refractivity contribution in [3.8, 4) is 0 Å². The van der Waals surface area contributed by atoms with Gasteiger partial charge >= 0.3 is 5.97 Å². The van der Waals surface area contributed by atoms with Gasteiger partial charge < -0.3 is 9.64 Å². The first kappa shape index (κ1) is 25.9. The number of esters is 1. The Kier molecular flexibility index (Phi) is 7.83. The van der Waals surface area contributed by atoms with Crippen LogP contribution >= 0.6 is 0 Å². The number of carbonyl (C=O) groups excluding carboxylic acids is 2. The lowest BCUT2D eigenvalue weighted by Gasteiger charge is -2.31. The molecule has 2 atom stereocenters. The summed E-state index contributed by atoms with van der Waals surface area (Å²) in [6.45, 7) is 7.52. The first-order valence-corrected chi connectivity index (χ1v) is 12.8. The number of carbonyl (C=O) groups is 2. The molecule has 1 saturated heterocycles. The summed E-state index contributed by atoms with van der Waals surface area (Å²) in [6.07, 6.45) is 0.741. The molecular formula is C26H33NO6S. The van der Waals surface area contributed by atoms with Crippen molar-refractivity contribution in [1.82, 2.24) is 4.90 Å². The minimum Gasteiger partial charge on any atom is -0.459 e. The standard InChI is InChI=1S/C26H33NO6S/c1-25(2,3)33-24(29)26(4)19-27(17-15-20-11-7-5-8-12-20)23(28)22(26)16-18-32-34(30,31)21-13-9-6-10-14-21/h5-14,22H,15-19H2,1-4H3/t22?,26-/m1/s1. The van der Waals surface area contributed by atoms with Crippen molar-refractivity contribution in [2.45, 2.75) is 51.0 Å². The third-order valence-corrected chi connectivity index (χ3v) is 7.28. The molecule has 2 aromatic carbocycles. The Balaban J connectivity index is 1.74. The minimum absolute atomic E-state index is 0.0483. The average Bonchev–Trinajstić information content (AvgIpc) is 3.03. The predicted molar refractivity (Wildman–Crippen MR) is 128 cm³/mol. The lowest BCUT2D eigenvalue weighted by atomic mass is 9.78. The van der Waals surface area contributed by atoms with E-state index in [2.05, 4.69) is 0 Å². The van der Waals surface area contributed by atoms with Crippen LogP contribution in [0, 0.1) is 11.3 Å². The molecule has 1 fully saturated rings. The molecule has 1 amide bonds. The molecule has 2 aromatic rings. The van der Waals surface area contributed by atoms with Crippen molar-refractivity contribution in [2.75, 3.05) is 19.7 Å². The Morgan fingerprint density at radius 1 is 1.06 bits per heavy atom. The van der Waals surface area contributed by atoms with Crippen molar-refractivity contribution in [1.29, 1.82) is 0 Å². The predicted octanol–water partition coefficient (Wildman–Crippen LogP) is 3.83. The molecule has 1 aliphatic heterocycles. The molecule has 0 saturated carbocycles. The Bertz CT molecular complexity index is 1100. The molecule has 0 bridgehead atoms. The summed E-state index contributed by atoms with van der Waals surface area (Å²) < 4.78 is 35.8. The molecule has 3 rings (SSSR count). The van der Waals surface area contributed by atoms with Crippen LogP contribution in [-0.2, 0) is 35.0 Å². The molecule has 0 aliphatic carbocycles. The second-order valence-corrected chi connectivity index (χ2v) is 11.5. The molecule has 1 heterocycles. The van der Waals surface area contributed by atoms with E-state index in [9.17, 15) is 18.0 Å². The quantitative estimate of drug-likeness (QED) is 0.394. The Labute approximate surface area is 202 Å². The second kappa shape index (κ2) is 10.3. The largest absolute Gasteiger partial charge is 0.459 e. The molecule has 0 aromatic heterocycles. The number of hydrogen-bond donors (Lipinski definition) is 0. The van der Waals surface area contributed by atoms with Crippen molar-refractivity contribution >= 4 is 22.0 Å². The first-order valence-electron chi connectivity index (χ1n) is 11.4. The fourth-order valence-corrected chi connectivity index (χ4v) is 5.09. The SMILES string of the molecule is CC(C)(C)OC(=O)[C@]1(C)CN(CCc2ccccc2)C(=O)C1CCOS(=O)(=O)c1ccccc1. The van der Waals surface area contributed by atoms with E-state index in [1.165, 1.54) is 12.1 Å². The third kappa shape index (κ3) is 6.24. The molecule has 0 spiro atoms. The van der Waals surface area contributed by atoms with E-state index in [-0.39, 0.29) is 30.4 Å². The maximum atomic E-state index is 13.4. The fourth-order valence-electron chi connectivity index (χ4n) is 4.15. The van der Waals surface area contributed by atoms with Crippen LogP contribution in [0.5, 0.6) is 0 Å². The van der Waals surface area contributed by atoms with Gasteiger partial charge in [-0.2, -0.15) is 8.42 Å². The molecule has 8 heteroatoms. The van der Waals surface area contributed by atoms with E-state index in [0.29, 0.717) is 13.0 Å². The van der Waals surface area contributed by atoms with Gasteiger partial charge in [0.2, 0.25) is 5.91 Å². The monoisotopic (exact) mass is 487 g/mol. The van der Waals surface area contributed by atoms with Crippen LogP contribution in [0.15, 0.2) is 65.6 Å². The number of ether oxygens (including phenoxy) is 1. The van der Waals surface area contributed by atoms with Gasteiger partial charge in [0.1, 0.15) is 5.60 Å². The van der Waals surface area contributed by atoms with Crippen molar-refractivity contribution in [3.05, 3.63) is 66.2 Å². The topological polar surface area (TPSA) is 90.0 Å². The zero-order chi connectivity index (χ0) is 25.0. The Morgan fingerprint density at radius 3 is 2.24 bits per heavy atom. The summed E-state index contributed by atoms with van der Waals surface area (Å²) in [7, 11) is -3.96. The van der Waals surface area contributed by atoms with Gasteiger partial charge in [0, 0.05) is 13.1 Å². The highest BCUT2D eigenvalue weighted by Crippen LogP contribution is 2.41. The number of amides is 1. The molecule has 7 nitrogen and oxygen atoms in total. The van der Waals surface area contributed by atoms with Crippen molar-refractivity contribution in [3.63, 3.8) is 0 Å². The number of hydrogen-bond acceptors (Lipinski definition) is 6.